The van der Waals surface area contributed by atoms with E-state index in [2.05, 4.69) is 26.0 Å². The van der Waals surface area contributed by atoms with E-state index in [1.54, 1.807) is 0 Å². The van der Waals surface area contributed by atoms with Crippen LogP contribution in [0.1, 0.15) is 322 Å². The molecule has 0 saturated heterocycles. The highest BCUT2D eigenvalue weighted by Gasteiger charge is 2.26. The molecule has 0 aromatic rings. The molecule has 0 radical (unpaired) electrons. The van der Waals surface area contributed by atoms with Crippen LogP contribution in [0.4, 0.5) is 0 Å². The first-order valence-electron chi connectivity index (χ1n) is 30.2. The summed E-state index contributed by atoms with van der Waals surface area (Å²) in [5, 5.41) is 0. The standard InChI is InChI=1S/C59H116NO8P/c1-3-5-7-9-11-13-15-16-17-18-19-20-21-22-23-24-25-26-27-28-29-30-31-32-33-34-35-36-37-38-39-40-41-42-44-45-47-49-51-58(61)65-55-57(56-67-69(63,64)66-54-53-60)68-59(62)52-50-48-46-43-14-12-10-8-6-4-2/h8,10,57H,3-7,9,11-56,60H2,1-2H3,(H,63,64)/b10-8-. The fourth-order valence-corrected chi connectivity index (χ4v) is 9.94. The summed E-state index contributed by atoms with van der Waals surface area (Å²) in [6, 6.07) is 0. The van der Waals surface area contributed by atoms with Gasteiger partial charge in [-0.1, -0.05) is 289 Å². The molecular weight excluding hydrogens is 882 g/mol. The van der Waals surface area contributed by atoms with E-state index >= 15 is 0 Å². The average molecular weight is 999 g/mol. The third-order valence-electron chi connectivity index (χ3n) is 13.6. The van der Waals surface area contributed by atoms with Gasteiger partial charge in [-0.25, -0.2) is 4.57 Å². The van der Waals surface area contributed by atoms with E-state index in [1.165, 1.54) is 231 Å². The van der Waals surface area contributed by atoms with Crippen LogP contribution >= 0.6 is 7.82 Å². The van der Waals surface area contributed by atoms with Crippen molar-refractivity contribution in [3.63, 3.8) is 0 Å². The van der Waals surface area contributed by atoms with Crippen LogP contribution in [0.3, 0.4) is 0 Å². The number of hydrogen-bond acceptors (Lipinski definition) is 8. The largest absolute Gasteiger partial charge is 0.472 e. The van der Waals surface area contributed by atoms with Crippen LogP contribution in [-0.4, -0.2) is 49.3 Å². The lowest BCUT2D eigenvalue weighted by molar-refractivity contribution is -0.161. The van der Waals surface area contributed by atoms with Gasteiger partial charge in [0.2, 0.25) is 0 Å². The van der Waals surface area contributed by atoms with Gasteiger partial charge in [0.1, 0.15) is 6.61 Å². The molecule has 0 amide bonds. The zero-order valence-electron chi connectivity index (χ0n) is 45.8. The topological polar surface area (TPSA) is 134 Å². The molecular formula is C59H116NO8P. The third-order valence-corrected chi connectivity index (χ3v) is 14.6. The number of carbonyl (C=O) groups excluding carboxylic acids is 2. The Morgan fingerprint density at radius 2 is 0.739 bits per heavy atom. The minimum atomic E-state index is -4.38. The number of carbonyl (C=O) groups is 2. The SMILES string of the molecule is CCC/C=C\CCCCCCCC(=O)OC(COC(=O)CCCCCCCCCCCCCCCCCCCCCCCCCCCCCCCCCCCCCCCC)COP(=O)(O)OCCN. The summed E-state index contributed by atoms with van der Waals surface area (Å²) in [4.78, 5) is 34.9. The molecule has 0 fully saturated rings. The summed E-state index contributed by atoms with van der Waals surface area (Å²) in [5.74, 6) is -0.826. The smallest absolute Gasteiger partial charge is 0.462 e. The number of nitrogens with two attached hydrogens (primary N) is 1. The molecule has 0 bridgehead atoms. The monoisotopic (exact) mass is 998 g/mol. The Morgan fingerprint density at radius 3 is 1.09 bits per heavy atom. The van der Waals surface area contributed by atoms with Crippen molar-refractivity contribution < 1.29 is 37.6 Å². The number of phosphoric ester groups is 1. The lowest BCUT2D eigenvalue weighted by Crippen LogP contribution is -2.29. The predicted molar refractivity (Wildman–Crippen MR) is 294 cm³/mol. The maximum atomic E-state index is 12.6. The van der Waals surface area contributed by atoms with E-state index < -0.39 is 26.5 Å². The quantitative estimate of drug-likeness (QED) is 0.0264. The number of rotatable bonds is 58. The fraction of sp³-hybridized carbons (Fsp3) is 0.932. The number of unbranched alkanes of at least 4 members (excludes halogenated alkanes) is 43. The van der Waals surface area contributed by atoms with Crippen LogP contribution < -0.4 is 5.73 Å². The van der Waals surface area contributed by atoms with Gasteiger partial charge in [-0.3, -0.25) is 18.6 Å². The Labute approximate surface area is 428 Å². The normalized spacial score (nSPS) is 13.0. The lowest BCUT2D eigenvalue weighted by atomic mass is 10.0. The fourth-order valence-electron chi connectivity index (χ4n) is 9.17. The zero-order chi connectivity index (χ0) is 50.2. The minimum Gasteiger partial charge on any atom is -0.462 e. The van der Waals surface area contributed by atoms with E-state index in [4.69, 9.17) is 24.3 Å². The second-order valence-electron chi connectivity index (χ2n) is 20.6. The van der Waals surface area contributed by atoms with E-state index in [0.29, 0.717) is 6.42 Å². The van der Waals surface area contributed by atoms with Crippen molar-refractivity contribution in [1.82, 2.24) is 0 Å². The summed E-state index contributed by atoms with van der Waals surface area (Å²) in [7, 11) is -4.38. The van der Waals surface area contributed by atoms with Gasteiger partial charge >= 0.3 is 19.8 Å². The molecule has 2 unspecified atom stereocenters. The van der Waals surface area contributed by atoms with Crippen molar-refractivity contribution in [2.45, 2.75) is 328 Å². The maximum Gasteiger partial charge on any atom is 0.472 e. The van der Waals surface area contributed by atoms with E-state index in [1.807, 2.05) is 0 Å². The second kappa shape index (κ2) is 56.1. The summed E-state index contributed by atoms with van der Waals surface area (Å²) >= 11 is 0. The van der Waals surface area contributed by atoms with Crippen molar-refractivity contribution in [3.8, 4) is 0 Å². The summed E-state index contributed by atoms with van der Waals surface area (Å²) in [6.45, 7) is 3.71. The lowest BCUT2D eigenvalue weighted by Gasteiger charge is -2.19. The van der Waals surface area contributed by atoms with Crippen molar-refractivity contribution >= 4 is 19.8 Å². The van der Waals surface area contributed by atoms with Gasteiger partial charge < -0.3 is 20.1 Å². The Hall–Kier alpha value is -1.25. The molecule has 0 aliphatic carbocycles. The Bertz CT molecular complexity index is 1140. The van der Waals surface area contributed by atoms with Crippen molar-refractivity contribution in [3.05, 3.63) is 12.2 Å². The number of phosphoric acid groups is 1. The van der Waals surface area contributed by atoms with Crippen LogP contribution in [0, 0.1) is 0 Å². The first-order chi connectivity index (χ1) is 33.8. The van der Waals surface area contributed by atoms with Crippen molar-refractivity contribution in [1.29, 1.82) is 0 Å². The molecule has 0 heterocycles. The van der Waals surface area contributed by atoms with Crippen LogP contribution in [0.5, 0.6) is 0 Å². The van der Waals surface area contributed by atoms with E-state index in [9.17, 15) is 19.0 Å². The van der Waals surface area contributed by atoms with Crippen LogP contribution in [0.15, 0.2) is 12.2 Å². The molecule has 9 nitrogen and oxygen atoms in total. The van der Waals surface area contributed by atoms with Gasteiger partial charge in [0, 0.05) is 19.4 Å². The first-order valence-corrected chi connectivity index (χ1v) is 31.7. The van der Waals surface area contributed by atoms with E-state index in [-0.39, 0.29) is 38.6 Å². The molecule has 0 aromatic heterocycles. The Balaban J connectivity index is 3.64. The van der Waals surface area contributed by atoms with E-state index in [0.717, 1.165) is 57.8 Å². The molecule has 0 spiro atoms. The highest BCUT2D eigenvalue weighted by Crippen LogP contribution is 2.43. The molecule has 0 aliphatic rings. The second-order valence-corrected chi connectivity index (χ2v) is 22.0. The molecule has 0 saturated carbocycles. The van der Waals surface area contributed by atoms with Gasteiger partial charge in [-0.2, -0.15) is 0 Å². The molecule has 0 aliphatic heterocycles. The number of esters is 2. The highest BCUT2D eigenvalue weighted by molar-refractivity contribution is 7.47. The minimum absolute atomic E-state index is 0.0549. The van der Waals surface area contributed by atoms with Gasteiger partial charge in [-0.15, -0.1) is 0 Å². The molecule has 0 aromatic carbocycles. The molecule has 410 valence electrons. The molecule has 0 rings (SSSR count). The molecule has 10 heteroatoms. The Morgan fingerprint density at radius 1 is 0.420 bits per heavy atom. The van der Waals surface area contributed by atoms with Crippen LogP contribution in [0.25, 0.3) is 0 Å². The first kappa shape index (κ1) is 67.8. The summed E-state index contributed by atoms with van der Waals surface area (Å²) in [6.07, 6.45) is 64.8. The van der Waals surface area contributed by atoms with Crippen LogP contribution in [-0.2, 0) is 32.7 Å². The predicted octanol–water partition coefficient (Wildman–Crippen LogP) is 18.9. The van der Waals surface area contributed by atoms with Crippen molar-refractivity contribution in [2.75, 3.05) is 26.4 Å². The van der Waals surface area contributed by atoms with Gasteiger partial charge in [0.25, 0.3) is 0 Å². The maximum absolute atomic E-state index is 12.6. The highest BCUT2D eigenvalue weighted by atomic mass is 31.2. The average Bonchev–Trinajstić information content (AvgIpc) is 3.34. The van der Waals surface area contributed by atoms with Crippen molar-refractivity contribution in [2.24, 2.45) is 5.73 Å². The molecule has 69 heavy (non-hydrogen) atoms. The number of allylic oxidation sites excluding steroid dienone is 2. The zero-order valence-corrected chi connectivity index (χ0v) is 46.7. The van der Waals surface area contributed by atoms with Gasteiger partial charge in [0.05, 0.1) is 13.2 Å². The van der Waals surface area contributed by atoms with Crippen LogP contribution in [0.2, 0.25) is 0 Å². The van der Waals surface area contributed by atoms with Gasteiger partial charge in [0.15, 0.2) is 6.10 Å². The molecule has 3 N–H and O–H groups in total. The summed E-state index contributed by atoms with van der Waals surface area (Å²) in [5.41, 5.74) is 5.36. The summed E-state index contributed by atoms with van der Waals surface area (Å²) < 4.78 is 32.9. The Kier molecular flexibility index (Phi) is 55.0. The number of ether oxygens (including phenoxy) is 2. The molecule has 2 atom stereocenters. The number of hydrogen-bond donors (Lipinski definition) is 2. The van der Waals surface area contributed by atoms with Gasteiger partial charge in [-0.05, 0) is 32.1 Å². The third kappa shape index (κ3) is 55.9.